The highest BCUT2D eigenvalue weighted by molar-refractivity contribution is 9.11. The summed E-state index contributed by atoms with van der Waals surface area (Å²) in [5.41, 5.74) is 0.752. The summed E-state index contributed by atoms with van der Waals surface area (Å²) in [6.45, 7) is 3.60. The largest absolute Gasteiger partial charge is 0.324 e. The van der Waals surface area contributed by atoms with Crippen LogP contribution >= 0.6 is 47.8 Å². The minimum Gasteiger partial charge on any atom is -0.324 e. The molecule has 0 aliphatic rings. The summed E-state index contributed by atoms with van der Waals surface area (Å²) in [7, 11) is 0. The van der Waals surface area contributed by atoms with Gasteiger partial charge in [-0.1, -0.05) is 31.9 Å². The van der Waals surface area contributed by atoms with Crippen molar-refractivity contribution in [2.75, 3.05) is 5.32 Å². The molecule has 1 amide bonds. The van der Waals surface area contributed by atoms with E-state index in [2.05, 4.69) is 53.1 Å². The lowest BCUT2D eigenvalue weighted by Crippen LogP contribution is -2.31. The van der Waals surface area contributed by atoms with Gasteiger partial charge in [-0.15, -0.1) is 0 Å². The fourth-order valence-corrected chi connectivity index (χ4v) is 1.67. The molecule has 1 aromatic rings. The molecule has 1 aromatic carbocycles. The molecule has 0 bridgehead atoms. The van der Waals surface area contributed by atoms with Gasteiger partial charge in [0.05, 0.1) is 10.0 Å². The normalized spacial score (nSPS) is 11.3. The molecule has 0 aliphatic carbocycles. The van der Waals surface area contributed by atoms with Crippen LogP contribution in [0, 0.1) is 0 Å². The number of hydrogen-bond donors (Lipinski definition) is 1. The van der Waals surface area contributed by atoms with Crippen LogP contribution in [0.2, 0.25) is 0 Å². The van der Waals surface area contributed by atoms with E-state index in [1.807, 2.05) is 18.2 Å². The summed E-state index contributed by atoms with van der Waals surface area (Å²) >= 11 is 10.0. The fourth-order valence-electron chi connectivity index (χ4n) is 0.864. The molecule has 0 radical (unpaired) electrons. The van der Waals surface area contributed by atoms with Crippen molar-refractivity contribution >= 4 is 59.4 Å². The third kappa shape index (κ3) is 3.89. The van der Waals surface area contributed by atoms with E-state index < -0.39 is 4.32 Å². The number of alkyl halides is 1. The van der Waals surface area contributed by atoms with Gasteiger partial charge in [0, 0.05) is 8.95 Å². The van der Waals surface area contributed by atoms with Crippen LogP contribution in [0.15, 0.2) is 27.1 Å². The van der Waals surface area contributed by atoms with Gasteiger partial charge >= 0.3 is 0 Å². The smallest absolute Gasteiger partial charge is 0.240 e. The van der Waals surface area contributed by atoms with Crippen LogP contribution in [0.1, 0.15) is 13.8 Å². The van der Waals surface area contributed by atoms with E-state index in [1.165, 1.54) is 0 Å². The Balaban J connectivity index is 2.90. The molecule has 15 heavy (non-hydrogen) atoms. The molecule has 2 nitrogen and oxygen atoms in total. The maximum absolute atomic E-state index is 11.7. The lowest BCUT2D eigenvalue weighted by Gasteiger charge is -2.16. The van der Waals surface area contributed by atoms with Crippen molar-refractivity contribution in [3.05, 3.63) is 27.1 Å². The Hall–Kier alpha value is 0.130. The van der Waals surface area contributed by atoms with Crippen LogP contribution in [0.5, 0.6) is 0 Å². The molecule has 82 valence electrons. The number of hydrogen-bond acceptors (Lipinski definition) is 1. The Morgan fingerprint density at radius 2 is 1.93 bits per heavy atom. The molecular weight excluding hydrogens is 390 g/mol. The average Bonchev–Trinajstić information content (AvgIpc) is 2.09. The lowest BCUT2D eigenvalue weighted by atomic mass is 10.2. The van der Waals surface area contributed by atoms with Gasteiger partial charge in [-0.25, -0.2) is 0 Å². The standard InChI is InChI=1S/C10H10Br3NO/c1-10(2,13)9(15)14-8-5-6(11)3-4-7(8)12/h3-5H,1-2H3,(H,14,15). The first-order valence-corrected chi connectivity index (χ1v) is 6.64. The van der Waals surface area contributed by atoms with Gasteiger partial charge in [0.15, 0.2) is 0 Å². The Morgan fingerprint density at radius 3 is 2.47 bits per heavy atom. The number of halogens is 3. The van der Waals surface area contributed by atoms with E-state index in [9.17, 15) is 4.79 Å². The number of anilines is 1. The van der Waals surface area contributed by atoms with E-state index >= 15 is 0 Å². The molecule has 0 spiro atoms. The minimum absolute atomic E-state index is 0.0821. The van der Waals surface area contributed by atoms with E-state index in [-0.39, 0.29) is 5.91 Å². The second-order valence-corrected chi connectivity index (χ2v) is 7.30. The van der Waals surface area contributed by atoms with Gasteiger partial charge in [0.2, 0.25) is 5.91 Å². The van der Waals surface area contributed by atoms with Crippen LogP contribution in [0.4, 0.5) is 5.69 Å². The zero-order valence-electron chi connectivity index (χ0n) is 8.27. The highest BCUT2D eigenvalue weighted by atomic mass is 79.9. The molecule has 0 unspecified atom stereocenters. The van der Waals surface area contributed by atoms with Crippen LogP contribution in [0.3, 0.4) is 0 Å². The summed E-state index contributed by atoms with van der Waals surface area (Å²) in [4.78, 5) is 11.7. The zero-order valence-corrected chi connectivity index (χ0v) is 13.0. The molecule has 0 atom stereocenters. The monoisotopic (exact) mass is 397 g/mol. The summed E-state index contributed by atoms with van der Waals surface area (Å²) in [5.74, 6) is -0.0821. The molecular formula is C10H10Br3NO. The Kier molecular flexibility index (Phi) is 4.38. The van der Waals surface area contributed by atoms with Crippen LogP contribution in [-0.2, 0) is 4.79 Å². The predicted octanol–water partition coefficient (Wildman–Crippen LogP) is 4.32. The van der Waals surface area contributed by atoms with E-state index in [1.54, 1.807) is 13.8 Å². The highest BCUT2D eigenvalue weighted by Gasteiger charge is 2.24. The van der Waals surface area contributed by atoms with Gasteiger partial charge in [-0.3, -0.25) is 4.79 Å². The van der Waals surface area contributed by atoms with Crippen LogP contribution in [0.25, 0.3) is 0 Å². The number of carbonyl (C=O) groups excluding carboxylic acids is 1. The molecule has 0 heterocycles. The van der Waals surface area contributed by atoms with Crippen molar-refractivity contribution < 1.29 is 4.79 Å². The maximum atomic E-state index is 11.7. The molecule has 0 saturated carbocycles. The molecule has 1 rings (SSSR count). The maximum Gasteiger partial charge on any atom is 0.240 e. The third-order valence-electron chi connectivity index (χ3n) is 1.72. The van der Waals surface area contributed by atoms with Crippen molar-refractivity contribution in [1.29, 1.82) is 0 Å². The number of carbonyl (C=O) groups is 1. The second kappa shape index (κ2) is 4.97. The number of rotatable bonds is 2. The van der Waals surface area contributed by atoms with Gasteiger partial charge in [0.25, 0.3) is 0 Å². The fraction of sp³-hybridized carbons (Fsp3) is 0.300. The molecule has 5 heteroatoms. The van der Waals surface area contributed by atoms with Crippen LogP contribution in [-0.4, -0.2) is 10.2 Å². The Labute approximate surface area is 114 Å². The molecule has 0 aromatic heterocycles. The van der Waals surface area contributed by atoms with Crippen molar-refractivity contribution in [1.82, 2.24) is 0 Å². The van der Waals surface area contributed by atoms with Gasteiger partial charge in [-0.2, -0.15) is 0 Å². The summed E-state index contributed by atoms with van der Waals surface area (Å²) in [5, 5.41) is 2.83. The van der Waals surface area contributed by atoms with E-state index in [0.29, 0.717) is 0 Å². The first kappa shape index (κ1) is 13.2. The SMILES string of the molecule is CC(C)(Br)C(=O)Nc1cc(Br)ccc1Br. The summed E-state index contributed by atoms with van der Waals surface area (Å²) < 4.78 is 1.21. The van der Waals surface area contributed by atoms with Gasteiger partial charge in [0.1, 0.15) is 0 Å². The first-order valence-electron chi connectivity index (χ1n) is 4.26. The number of amides is 1. The Bertz CT molecular complexity index is 385. The quantitative estimate of drug-likeness (QED) is 0.737. The topological polar surface area (TPSA) is 29.1 Å². The molecule has 0 aliphatic heterocycles. The first-order chi connectivity index (χ1) is 6.80. The van der Waals surface area contributed by atoms with E-state index in [0.717, 1.165) is 14.6 Å². The van der Waals surface area contributed by atoms with Crippen molar-refractivity contribution in [2.45, 2.75) is 18.2 Å². The van der Waals surface area contributed by atoms with Gasteiger partial charge < -0.3 is 5.32 Å². The van der Waals surface area contributed by atoms with Crippen molar-refractivity contribution in [3.63, 3.8) is 0 Å². The molecule has 0 fully saturated rings. The zero-order chi connectivity index (χ0) is 11.6. The second-order valence-electron chi connectivity index (χ2n) is 3.55. The predicted molar refractivity (Wildman–Crippen MR) is 73.5 cm³/mol. The van der Waals surface area contributed by atoms with Crippen molar-refractivity contribution in [2.24, 2.45) is 0 Å². The minimum atomic E-state index is -0.575. The average molecular weight is 400 g/mol. The van der Waals surface area contributed by atoms with Gasteiger partial charge in [-0.05, 0) is 48.0 Å². The number of nitrogens with one attached hydrogen (secondary N) is 1. The Morgan fingerprint density at radius 1 is 1.33 bits per heavy atom. The lowest BCUT2D eigenvalue weighted by molar-refractivity contribution is -0.117. The summed E-state index contributed by atoms with van der Waals surface area (Å²) in [6, 6.07) is 5.63. The highest BCUT2D eigenvalue weighted by Crippen LogP contribution is 2.28. The van der Waals surface area contributed by atoms with E-state index in [4.69, 9.17) is 0 Å². The summed E-state index contributed by atoms with van der Waals surface area (Å²) in [6.07, 6.45) is 0. The molecule has 1 N–H and O–H groups in total. The third-order valence-corrected chi connectivity index (χ3v) is 3.26. The van der Waals surface area contributed by atoms with Crippen molar-refractivity contribution in [3.8, 4) is 0 Å². The van der Waals surface area contributed by atoms with Crippen LogP contribution < -0.4 is 5.32 Å². The molecule has 0 saturated heterocycles. The number of benzene rings is 1.